The van der Waals surface area contributed by atoms with Crippen LogP contribution in [0.4, 0.5) is 10.2 Å². The maximum atomic E-state index is 13.8. The summed E-state index contributed by atoms with van der Waals surface area (Å²) in [5, 5.41) is 12.4. The van der Waals surface area contributed by atoms with Crippen molar-refractivity contribution in [1.82, 2.24) is 15.2 Å². The molecule has 3 heterocycles. The van der Waals surface area contributed by atoms with E-state index in [1.807, 2.05) is 11.0 Å². The molecule has 1 aromatic carbocycles. The number of methoxy groups -OCH3 is 1. The molecule has 2 atom stereocenters. The Balaban J connectivity index is 1.22. The van der Waals surface area contributed by atoms with Gasteiger partial charge in [-0.3, -0.25) is 10.1 Å². The molecule has 0 spiro atoms. The van der Waals surface area contributed by atoms with Crippen LogP contribution in [0.1, 0.15) is 36.8 Å². The van der Waals surface area contributed by atoms with Gasteiger partial charge in [0, 0.05) is 36.9 Å². The van der Waals surface area contributed by atoms with E-state index >= 15 is 0 Å². The van der Waals surface area contributed by atoms with E-state index in [1.165, 1.54) is 13.2 Å². The number of aromatic nitrogens is 1. The average Bonchev–Trinajstić information content (AvgIpc) is 3.57. The number of nitriles is 1. The van der Waals surface area contributed by atoms with Gasteiger partial charge in [0.25, 0.3) is 0 Å². The minimum atomic E-state index is -0.381. The minimum absolute atomic E-state index is 0.0923. The lowest BCUT2D eigenvalue weighted by molar-refractivity contribution is -0.131. The molecule has 0 radical (unpaired) electrons. The predicted octanol–water partition coefficient (Wildman–Crippen LogP) is 2.56. The molecule has 2 saturated heterocycles. The van der Waals surface area contributed by atoms with Crippen molar-refractivity contribution < 1.29 is 13.9 Å². The molecule has 1 aliphatic carbocycles. The number of amides is 1. The molecule has 7 nitrogen and oxygen atoms in total. The molecule has 1 N–H and O–H groups in total. The first kappa shape index (κ1) is 20.7. The molecule has 1 amide bonds. The van der Waals surface area contributed by atoms with E-state index in [0.29, 0.717) is 18.7 Å². The Morgan fingerprint density at radius 2 is 2.03 bits per heavy atom. The Bertz CT molecular complexity index is 1050. The van der Waals surface area contributed by atoms with Crippen molar-refractivity contribution in [2.24, 2.45) is 0 Å². The van der Waals surface area contributed by atoms with E-state index in [9.17, 15) is 9.18 Å². The SMILES string of the molecule is COc1cc(C2(NCC(=O)N3CC4CCC(C3)N4c3ccc(C#N)cn3)CC2)ccc1F. The van der Waals surface area contributed by atoms with Crippen molar-refractivity contribution in [3.8, 4) is 11.8 Å². The molecule has 166 valence electrons. The number of rotatable bonds is 6. The smallest absolute Gasteiger partial charge is 0.236 e. The zero-order valence-electron chi connectivity index (χ0n) is 18.1. The summed E-state index contributed by atoms with van der Waals surface area (Å²) in [6, 6.07) is 11.2. The normalized spacial score (nSPS) is 23.0. The lowest BCUT2D eigenvalue weighted by Gasteiger charge is -2.42. The van der Waals surface area contributed by atoms with Crippen LogP contribution >= 0.6 is 0 Å². The highest BCUT2D eigenvalue weighted by Crippen LogP contribution is 2.46. The number of nitrogens with zero attached hydrogens (tertiary/aromatic N) is 4. The topological polar surface area (TPSA) is 81.5 Å². The van der Waals surface area contributed by atoms with Crippen molar-refractivity contribution in [2.45, 2.75) is 43.3 Å². The molecule has 8 heteroatoms. The molecule has 2 aromatic rings. The van der Waals surface area contributed by atoms with Gasteiger partial charge in [-0.15, -0.1) is 0 Å². The number of anilines is 1. The van der Waals surface area contributed by atoms with Gasteiger partial charge in [-0.05, 0) is 55.5 Å². The van der Waals surface area contributed by atoms with Crippen LogP contribution in [0.5, 0.6) is 5.75 Å². The fourth-order valence-electron chi connectivity index (χ4n) is 5.09. The van der Waals surface area contributed by atoms with Crippen molar-refractivity contribution in [3.05, 3.63) is 53.5 Å². The predicted molar refractivity (Wildman–Crippen MR) is 117 cm³/mol. The number of hydrogen-bond donors (Lipinski definition) is 1. The summed E-state index contributed by atoms with van der Waals surface area (Å²) in [6.07, 6.45) is 5.50. The molecular formula is C24H26FN5O2. The van der Waals surface area contributed by atoms with Gasteiger partial charge >= 0.3 is 0 Å². The number of carbonyl (C=O) groups excluding carboxylic acids is 1. The van der Waals surface area contributed by atoms with Crippen LogP contribution in [0, 0.1) is 17.1 Å². The third-order valence-electron chi connectivity index (χ3n) is 7.01. The van der Waals surface area contributed by atoms with Crippen molar-refractivity contribution in [3.63, 3.8) is 0 Å². The standard InChI is InChI=1S/C24H26FN5O2/c1-32-21-10-17(3-6-20(21)25)24(8-9-24)28-13-23(31)29-14-18-4-5-19(15-29)30(18)22-7-2-16(11-26)12-27-22/h2-3,6-7,10,12,18-19,28H,4-5,8-9,13-15H2,1H3. The fraction of sp³-hybridized carbons (Fsp3) is 0.458. The number of piperazine rings is 1. The number of carbonyl (C=O) groups is 1. The Labute approximate surface area is 186 Å². The van der Waals surface area contributed by atoms with Crippen LogP contribution in [0.3, 0.4) is 0 Å². The Morgan fingerprint density at radius 1 is 1.28 bits per heavy atom. The van der Waals surface area contributed by atoms with Crippen LogP contribution in [-0.4, -0.2) is 54.6 Å². The average molecular weight is 436 g/mol. The minimum Gasteiger partial charge on any atom is -0.494 e. The monoisotopic (exact) mass is 435 g/mol. The van der Waals surface area contributed by atoms with Gasteiger partial charge in [-0.25, -0.2) is 9.37 Å². The number of likely N-dealkylation sites (tertiary alicyclic amines) is 1. The molecule has 2 aliphatic heterocycles. The zero-order chi connectivity index (χ0) is 22.3. The molecule has 2 unspecified atom stereocenters. The number of ether oxygens (including phenoxy) is 1. The summed E-state index contributed by atoms with van der Waals surface area (Å²) in [6.45, 7) is 1.61. The summed E-state index contributed by atoms with van der Waals surface area (Å²) in [7, 11) is 1.46. The Kier molecular flexibility index (Phi) is 5.22. The maximum Gasteiger partial charge on any atom is 0.236 e. The summed E-state index contributed by atoms with van der Waals surface area (Å²) in [5.41, 5.74) is 1.23. The third-order valence-corrected chi connectivity index (χ3v) is 7.01. The number of nitrogens with one attached hydrogen (secondary N) is 1. The fourth-order valence-corrected chi connectivity index (χ4v) is 5.09. The van der Waals surface area contributed by atoms with Gasteiger partial charge in [-0.1, -0.05) is 6.07 Å². The molecule has 3 fully saturated rings. The number of halogens is 1. The van der Waals surface area contributed by atoms with Crippen LogP contribution in [0.2, 0.25) is 0 Å². The molecule has 2 bridgehead atoms. The van der Waals surface area contributed by atoms with Crippen molar-refractivity contribution in [1.29, 1.82) is 5.26 Å². The van der Waals surface area contributed by atoms with Crippen molar-refractivity contribution >= 4 is 11.7 Å². The quantitative estimate of drug-likeness (QED) is 0.751. The summed E-state index contributed by atoms with van der Waals surface area (Å²) in [5.74, 6) is 0.817. The van der Waals surface area contributed by atoms with Gasteiger partial charge in [-0.2, -0.15) is 5.26 Å². The molecule has 1 aromatic heterocycles. The van der Waals surface area contributed by atoms with E-state index in [0.717, 1.165) is 37.1 Å². The summed E-state index contributed by atoms with van der Waals surface area (Å²) in [4.78, 5) is 21.8. The first-order valence-electron chi connectivity index (χ1n) is 11.0. The highest BCUT2D eigenvalue weighted by molar-refractivity contribution is 5.79. The zero-order valence-corrected chi connectivity index (χ0v) is 18.1. The number of fused-ring (bicyclic) bond motifs is 2. The Morgan fingerprint density at radius 3 is 2.62 bits per heavy atom. The molecule has 32 heavy (non-hydrogen) atoms. The van der Waals surface area contributed by atoms with Gasteiger partial charge < -0.3 is 14.5 Å². The second-order valence-corrected chi connectivity index (χ2v) is 8.89. The highest BCUT2D eigenvalue weighted by atomic mass is 19.1. The number of benzene rings is 1. The Hall–Kier alpha value is -3.18. The van der Waals surface area contributed by atoms with E-state index in [-0.39, 0.29) is 41.6 Å². The van der Waals surface area contributed by atoms with Gasteiger partial charge in [0.05, 0.1) is 19.2 Å². The van der Waals surface area contributed by atoms with Crippen molar-refractivity contribution in [2.75, 3.05) is 31.6 Å². The maximum absolute atomic E-state index is 13.8. The molecule has 3 aliphatic rings. The van der Waals surface area contributed by atoms with Gasteiger partial charge in [0.1, 0.15) is 11.9 Å². The first-order valence-corrected chi connectivity index (χ1v) is 11.0. The van der Waals surface area contributed by atoms with E-state index < -0.39 is 0 Å². The van der Waals surface area contributed by atoms with Gasteiger partial charge in [0.2, 0.25) is 5.91 Å². The second kappa shape index (κ2) is 8.06. The number of hydrogen-bond acceptors (Lipinski definition) is 6. The van der Waals surface area contributed by atoms with E-state index in [2.05, 4.69) is 21.3 Å². The molecule has 1 saturated carbocycles. The highest BCUT2D eigenvalue weighted by Gasteiger charge is 2.46. The second-order valence-electron chi connectivity index (χ2n) is 8.89. The third kappa shape index (κ3) is 3.67. The lowest BCUT2D eigenvalue weighted by Crippen LogP contribution is -2.57. The van der Waals surface area contributed by atoms with E-state index in [1.54, 1.807) is 24.4 Å². The first-order chi connectivity index (χ1) is 15.5. The summed E-state index contributed by atoms with van der Waals surface area (Å²) < 4.78 is 18.9. The van der Waals surface area contributed by atoms with Gasteiger partial charge in [0.15, 0.2) is 11.6 Å². The van der Waals surface area contributed by atoms with Crippen LogP contribution in [0.15, 0.2) is 36.5 Å². The van der Waals surface area contributed by atoms with Crippen LogP contribution in [0.25, 0.3) is 0 Å². The number of pyridine rings is 1. The molecular weight excluding hydrogens is 409 g/mol. The molecule has 5 rings (SSSR count). The van der Waals surface area contributed by atoms with Crippen LogP contribution in [-0.2, 0) is 10.3 Å². The largest absolute Gasteiger partial charge is 0.494 e. The lowest BCUT2D eigenvalue weighted by atomic mass is 10.0. The summed E-state index contributed by atoms with van der Waals surface area (Å²) >= 11 is 0. The van der Waals surface area contributed by atoms with E-state index in [4.69, 9.17) is 10.00 Å². The van der Waals surface area contributed by atoms with Crippen LogP contribution < -0.4 is 15.0 Å².